The lowest BCUT2D eigenvalue weighted by atomic mass is 9.84. The average molecular weight is 909 g/mol. The van der Waals surface area contributed by atoms with Gasteiger partial charge in [-0.25, -0.2) is 17.9 Å². The van der Waals surface area contributed by atoms with E-state index in [1.165, 1.54) is 47.2 Å². The van der Waals surface area contributed by atoms with Crippen molar-refractivity contribution in [2.75, 3.05) is 32.6 Å². The first-order valence-electron chi connectivity index (χ1n) is 21.6. The molecule has 0 bridgehead atoms. The van der Waals surface area contributed by atoms with E-state index in [9.17, 15) is 42.3 Å². The molecule has 20 heteroatoms. The number of amides is 5. The summed E-state index contributed by atoms with van der Waals surface area (Å²) in [6, 6.07) is 10.1. The number of carbonyl (C=O) groups excluding carboxylic acids is 6. The Morgan fingerprint density at radius 2 is 1.66 bits per heavy atom. The van der Waals surface area contributed by atoms with Gasteiger partial charge in [0.05, 0.1) is 41.2 Å². The third-order valence-electron chi connectivity index (χ3n) is 11.6. The lowest BCUT2D eigenvalue weighted by molar-refractivity contribution is -0.142. The summed E-state index contributed by atoms with van der Waals surface area (Å²) in [5.74, 6) is -4.43. The molecule has 1 saturated carbocycles. The maximum Gasteiger partial charge on any atom is 0.407 e. The molecule has 1 aromatic heterocycles. The maximum atomic E-state index is 14.9. The molecule has 348 valence electrons. The molecular formula is C44H60N8O11S. The highest BCUT2D eigenvalue weighted by atomic mass is 32.2. The van der Waals surface area contributed by atoms with Gasteiger partial charge in [-0.2, -0.15) is 0 Å². The zero-order chi connectivity index (χ0) is 46.4. The van der Waals surface area contributed by atoms with Crippen LogP contribution in [0.3, 0.4) is 0 Å². The Morgan fingerprint density at radius 1 is 0.953 bits per heavy atom. The van der Waals surface area contributed by atoms with Crippen molar-refractivity contribution in [2.45, 2.75) is 119 Å². The Labute approximate surface area is 373 Å². The van der Waals surface area contributed by atoms with Crippen LogP contribution in [0.5, 0.6) is 0 Å². The number of nitrogens with two attached hydrogens (primary N) is 1. The van der Waals surface area contributed by atoms with Crippen LogP contribution in [0.25, 0.3) is 0 Å². The van der Waals surface area contributed by atoms with Crippen LogP contribution in [-0.4, -0.2) is 120 Å². The SMILES string of the molecule is COCCS(=O)(=O)c1ccc(C(=O)N[C@H](CC2CCCCC2)C(=O)N2C[C@@H](n3nncc3C(C)(C)O)C[C@H]2C(=O)NC(CCCCNC(=O)OCc2ccccc2)C(=O)C(N)=O)cc1. The summed E-state index contributed by atoms with van der Waals surface area (Å²) in [5, 5.41) is 27.3. The number of Topliss-reactive ketones (excluding diaryl/α,β-unsaturated/α-hetero) is 1. The van der Waals surface area contributed by atoms with Crippen molar-refractivity contribution in [3.63, 3.8) is 0 Å². The van der Waals surface area contributed by atoms with Gasteiger partial charge in [-0.15, -0.1) is 5.10 Å². The highest BCUT2D eigenvalue weighted by Gasteiger charge is 2.45. The van der Waals surface area contributed by atoms with Gasteiger partial charge in [-0.05, 0) is 75.3 Å². The number of ether oxygens (including phenoxy) is 2. The molecular weight excluding hydrogens is 849 g/mol. The molecule has 4 atom stereocenters. The fraction of sp³-hybridized carbons (Fsp3) is 0.545. The Bertz CT molecular complexity index is 2190. The number of hydrogen-bond donors (Lipinski definition) is 5. The Morgan fingerprint density at radius 3 is 2.31 bits per heavy atom. The van der Waals surface area contributed by atoms with Crippen molar-refractivity contribution in [1.82, 2.24) is 35.8 Å². The molecule has 0 spiro atoms. The van der Waals surface area contributed by atoms with E-state index in [2.05, 4.69) is 26.3 Å². The molecule has 2 aliphatic rings. The molecule has 64 heavy (non-hydrogen) atoms. The molecule has 19 nitrogen and oxygen atoms in total. The predicted molar refractivity (Wildman–Crippen MR) is 232 cm³/mol. The molecule has 1 saturated heterocycles. The van der Waals surface area contributed by atoms with Gasteiger partial charge in [0.25, 0.3) is 11.8 Å². The number of methoxy groups -OCH3 is 1. The summed E-state index contributed by atoms with van der Waals surface area (Å²) in [5.41, 5.74) is 5.27. The minimum atomic E-state index is -3.67. The number of aromatic nitrogens is 3. The molecule has 1 aliphatic heterocycles. The first-order valence-corrected chi connectivity index (χ1v) is 23.3. The lowest BCUT2D eigenvalue weighted by Crippen LogP contribution is -2.56. The van der Waals surface area contributed by atoms with Gasteiger partial charge < -0.3 is 41.2 Å². The number of primary amides is 1. The number of likely N-dealkylation sites (tertiary alicyclic amines) is 1. The minimum Gasteiger partial charge on any atom is -0.445 e. The highest BCUT2D eigenvalue weighted by Crippen LogP contribution is 2.34. The van der Waals surface area contributed by atoms with Crippen molar-refractivity contribution < 1.29 is 51.8 Å². The molecule has 1 unspecified atom stereocenters. The summed E-state index contributed by atoms with van der Waals surface area (Å²) >= 11 is 0. The standard InChI is InChI=1S/C44H60N8O11S/c1-44(2,59)37-26-47-50-52(37)32-25-36(41(56)48-34(38(53)39(45)54)16-10-11-21-46-43(58)63-28-30-14-8-5-9-15-30)51(27-32)42(57)35(24-29-12-6-4-7-13-29)49-40(55)31-17-19-33(20-18-31)64(60,61)23-22-62-3/h5,8-9,14-15,17-20,26,29,32,34-36,59H,4,6-7,10-13,16,21-25,27-28H2,1-3H3,(H2,45,54)(H,46,58)(H,48,56)(H,49,55)/t32-,34?,35+,36-/m0/s1. The monoisotopic (exact) mass is 908 g/mol. The van der Waals surface area contributed by atoms with Crippen LogP contribution in [-0.2, 0) is 50.7 Å². The van der Waals surface area contributed by atoms with Gasteiger partial charge in [0.2, 0.25) is 17.6 Å². The molecule has 2 aromatic carbocycles. The molecule has 5 rings (SSSR count). The fourth-order valence-electron chi connectivity index (χ4n) is 8.13. The molecule has 0 radical (unpaired) electrons. The number of rotatable bonds is 22. The van der Waals surface area contributed by atoms with Gasteiger partial charge in [-0.3, -0.25) is 24.0 Å². The number of ketones is 1. The number of carbonyl (C=O) groups is 6. The second-order valence-corrected chi connectivity index (χ2v) is 19.0. The van der Waals surface area contributed by atoms with Crippen LogP contribution >= 0.6 is 0 Å². The first kappa shape index (κ1) is 49.3. The first-order chi connectivity index (χ1) is 30.5. The number of nitrogens with one attached hydrogen (secondary N) is 3. The number of unbranched alkanes of at least 4 members (excludes halogenated alkanes) is 1. The second-order valence-electron chi connectivity index (χ2n) is 16.9. The summed E-state index contributed by atoms with van der Waals surface area (Å²) in [6.07, 6.45) is 6.21. The van der Waals surface area contributed by atoms with E-state index in [1.807, 2.05) is 30.3 Å². The molecule has 1 aliphatic carbocycles. The van der Waals surface area contributed by atoms with Crippen molar-refractivity contribution in [3.8, 4) is 0 Å². The quantitative estimate of drug-likeness (QED) is 0.0717. The Kier molecular flexibility index (Phi) is 17.5. The van der Waals surface area contributed by atoms with Crippen LogP contribution in [0.15, 0.2) is 65.7 Å². The number of benzene rings is 2. The van der Waals surface area contributed by atoms with Crippen molar-refractivity contribution in [3.05, 3.63) is 77.6 Å². The van der Waals surface area contributed by atoms with Gasteiger partial charge in [0, 0.05) is 32.2 Å². The van der Waals surface area contributed by atoms with E-state index in [0.29, 0.717) is 12.1 Å². The maximum absolute atomic E-state index is 14.9. The normalized spacial score (nSPS) is 17.8. The van der Waals surface area contributed by atoms with Crippen molar-refractivity contribution >= 4 is 45.3 Å². The van der Waals surface area contributed by atoms with Crippen LogP contribution in [0, 0.1) is 5.92 Å². The van der Waals surface area contributed by atoms with Crippen LogP contribution in [0.1, 0.15) is 106 Å². The smallest absolute Gasteiger partial charge is 0.407 e. The average Bonchev–Trinajstić information content (AvgIpc) is 3.96. The summed E-state index contributed by atoms with van der Waals surface area (Å²) in [4.78, 5) is 82.0. The third-order valence-corrected chi connectivity index (χ3v) is 13.3. The number of alkyl carbamates (subject to hydrolysis) is 1. The second kappa shape index (κ2) is 22.8. The highest BCUT2D eigenvalue weighted by molar-refractivity contribution is 7.91. The molecule has 2 heterocycles. The van der Waals surface area contributed by atoms with E-state index in [4.69, 9.17) is 15.2 Å². The van der Waals surface area contributed by atoms with Crippen molar-refractivity contribution in [2.24, 2.45) is 11.7 Å². The minimum absolute atomic E-state index is 0.00269. The molecule has 5 amide bonds. The Balaban J connectivity index is 1.35. The summed E-state index contributed by atoms with van der Waals surface area (Å²) < 4.78 is 37.1. The largest absolute Gasteiger partial charge is 0.445 e. The van der Waals surface area contributed by atoms with Crippen LogP contribution in [0.4, 0.5) is 4.79 Å². The number of aliphatic hydroxyl groups is 1. The van der Waals surface area contributed by atoms with E-state index < -0.39 is 75.1 Å². The lowest BCUT2D eigenvalue weighted by Gasteiger charge is -2.32. The predicted octanol–water partition coefficient (Wildman–Crippen LogP) is 2.47. The Hall–Kier alpha value is -5.73. The molecule has 6 N–H and O–H groups in total. The topological polar surface area (TPSA) is 271 Å². The van der Waals surface area contributed by atoms with Gasteiger partial charge in [0.1, 0.15) is 24.3 Å². The van der Waals surface area contributed by atoms with E-state index in [1.54, 1.807) is 13.8 Å². The number of hydrogen-bond acceptors (Lipinski definition) is 13. The molecule has 2 fully saturated rings. The van der Waals surface area contributed by atoms with E-state index in [0.717, 1.165) is 37.7 Å². The van der Waals surface area contributed by atoms with Gasteiger partial charge in [0.15, 0.2) is 9.84 Å². The number of nitrogens with zero attached hydrogens (tertiary/aromatic N) is 4. The van der Waals surface area contributed by atoms with E-state index in [-0.39, 0.29) is 74.1 Å². The van der Waals surface area contributed by atoms with Gasteiger partial charge in [-0.1, -0.05) is 67.6 Å². The molecule has 3 aromatic rings. The number of sulfone groups is 1. The van der Waals surface area contributed by atoms with Gasteiger partial charge >= 0.3 is 6.09 Å². The van der Waals surface area contributed by atoms with E-state index >= 15 is 0 Å². The third kappa shape index (κ3) is 13.6. The van der Waals surface area contributed by atoms with Crippen molar-refractivity contribution in [1.29, 1.82) is 0 Å². The zero-order valence-corrected chi connectivity index (χ0v) is 37.4. The fourth-order valence-corrected chi connectivity index (χ4v) is 9.30. The van der Waals surface area contributed by atoms with Crippen LogP contribution < -0.4 is 21.7 Å². The summed E-state index contributed by atoms with van der Waals surface area (Å²) in [7, 11) is -2.28. The zero-order valence-electron chi connectivity index (χ0n) is 36.6. The van der Waals surface area contributed by atoms with Crippen LogP contribution in [0.2, 0.25) is 0 Å². The summed E-state index contributed by atoms with van der Waals surface area (Å²) in [6.45, 7) is 3.26.